The lowest BCUT2D eigenvalue weighted by atomic mass is 9.92. The van der Waals surface area contributed by atoms with E-state index in [1.54, 1.807) is 6.92 Å². The highest BCUT2D eigenvalue weighted by Crippen LogP contribution is 2.21. The third-order valence-corrected chi connectivity index (χ3v) is 4.42. The van der Waals surface area contributed by atoms with Crippen LogP contribution in [0.4, 0.5) is 0 Å². The second-order valence-electron chi connectivity index (χ2n) is 4.78. The van der Waals surface area contributed by atoms with Crippen molar-refractivity contribution in [2.75, 3.05) is 6.54 Å². The van der Waals surface area contributed by atoms with Crippen molar-refractivity contribution < 1.29 is 4.79 Å². The van der Waals surface area contributed by atoms with E-state index in [-0.39, 0.29) is 18.3 Å². The van der Waals surface area contributed by atoms with E-state index in [9.17, 15) is 4.79 Å². The van der Waals surface area contributed by atoms with Crippen molar-refractivity contribution >= 4 is 41.3 Å². The minimum Gasteiger partial charge on any atom is -0.354 e. The van der Waals surface area contributed by atoms with E-state index in [0.29, 0.717) is 6.54 Å². The molecule has 21 heavy (non-hydrogen) atoms. The largest absolute Gasteiger partial charge is 0.354 e. The summed E-state index contributed by atoms with van der Waals surface area (Å²) >= 11 is 7.39. The molecule has 0 saturated carbocycles. The molecule has 0 aliphatic heterocycles. The molecule has 0 radical (unpaired) electrons. The molecule has 1 atom stereocenters. The van der Waals surface area contributed by atoms with Crippen LogP contribution in [0.3, 0.4) is 0 Å². The van der Waals surface area contributed by atoms with Gasteiger partial charge in [-0.1, -0.05) is 41.9 Å². The van der Waals surface area contributed by atoms with Gasteiger partial charge in [-0.2, -0.15) is 0 Å². The highest BCUT2D eigenvalue weighted by atomic mass is 35.5. The number of carbonyl (C=O) groups excluding carboxylic acids is 1. The Kier molecular flexibility index (Phi) is 6.68. The van der Waals surface area contributed by atoms with Gasteiger partial charge in [-0.25, -0.2) is 0 Å². The van der Waals surface area contributed by atoms with Crippen molar-refractivity contribution in [2.45, 2.75) is 18.9 Å². The normalized spacial score (nSPS) is 13.1. The fourth-order valence-electron chi connectivity index (χ4n) is 1.88. The molecule has 0 aliphatic rings. The fraction of sp³-hybridized carbons (Fsp3) is 0.267. The smallest absolute Gasteiger partial charge is 0.244 e. The summed E-state index contributed by atoms with van der Waals surface area (Å²) < 4.78 is 0.763. The predicted molar refractivity (Wildman–Crippen MR) is 91.3 cm³/mol. The van der Waals surface area contributed by atoms with Crippen LogP contribution in [-0.2, 0) is 16.8 Å². The van der Waals surface area contributed by atoms with Crippen LogP contribution in [-0.4, -0.2) is 12.5 Å². The van der Waals surface area contributed by atoms with E-state index in [2.05, 4.69) is 5.32 Å². The lowest BCUT2D eigenvalue weighted by Gasteiger charge is -2.24. The van der Waals surface area contributed by atoms with Gasteiger partial charge in [-0.05, 0) is 31.0 Å². The monoisotopic (exact) mass is 344 g/mol. The number of amides is 1. The molecule has 114 valence electrons. The van der Waals surface area contributed by atoms with E-state index in [0.717, 1.165) is 21.2 Å². The molecule has 2 aromatic rings. The number of halogens is 2. The van der Waals surface area contributed by atoms with Gasteiger partial charge in [0.2, 0.25) is 5.91 Å². The molecule has 1 amide bonds. The molecular weight excluding hydrogens is 327 g/mol. The number of hydrogen-bond donors (Lipinski definition) is 2. The fourth-order valence-corrected chi connectivity index (χ4v) is 2.97. The lowest BCUT2D eigenvalue weighted by molar-refractivity contribution is -0.126. The maximum atomic E-state index is 12.2. The van der Waals surface area contributed by atoms with Crippen LogP contribution in [0.25, 0.3) is 0 Å². The highest BCUT2D eigenvalue weighted by molar-refractivity contribution is 7.16. The summed E-state index contributed by atoms with van der Waals surface area (Å²) in [5.41, 5.74) is 5.92. The zero-order valence-electron chi connectivity index (χ0n) is 11.6. The van der Waals surface area contributed by atoms with Gasteiger partial charge in [0.15, 0.2) is 0 Å². The van der Waals surface area contributed by atoms with E-state index >= 15 is 0 Å². The van der Waals surface area contributed by atoms with Gasteiger partial charge in [-0.3, -0.25) is 4.79 Å². The number of thiophene rings is 1. The van der Waals surface area contributed by atoms with Crippen molar-refractivity contribution in [1.29, 1.82) is 0 Å². The van der Waals surface area contributed by atoms with Crippen molar-refractivity contribution in [3.63, 3.8) is 0 Å². The van der Waals surface area contributed by atoms with Gasteiger partial charge in [0.1, 0.15) is 5.54 Å². The van der Waals surface area contributed by atoms with Gasteiger partial charge in [0, 0.05) is 11.4 Å². The van der Waals surface area contributed by atoms with Gasteiger partial charge < -0.3 is 11.1 Å². The lowest BCUT2D eigenvalue weighted by Crippen LogP contribution is -2.49. The molecular formula is C15H18Cl2N2OS. The molecule has 0 aliphatic carbocycles. The third kappa shape index (κ3) is 4.71. The first-order valence-corrected chi connectivity index (χ1v) is 7.56. The number of rotatable bonds is 5. The Morgan fingerprint density at radius 1 is 1.29 bits per heavy atom. The van der Waals surface area contributed by atoms with Gasteiger partial charge >= 0.3 is 0 Å². The molecule has 1 unspecified atom stereocenters. The Balaban J connectivity index is 0.00000220. The SMILES string of the molecule is CC(N)(C(=O)NCCc1ccc(Cl)s1)c1ccccc1.Cl. The van der Waals surface area contributed by atoms with Crippen molar-refractivity contribution in [3.05, 3.63) is 57.2 Å². The number of hydrogen-bond acceptors (Lipinski definition) is 3. The first-order valence-electron chi connectivity index (χ1n) is 6.37. The third-order valence-electron chi connectivity index (χ3n) is 3.13. The molecule has 0 saturated heterocycles. The highest BCUT2D eigenvalue weighted by Gasteiger charge is 2.29. The molecule has 0 bridgehead atoms. The molecule has 2 rings (SSSR count). The Morgan fingerprint density at radius 3 is 2.52 bits per heavy atom. The zero-order chi connectivity index (χ0) is 14.6. The van der Waals surface area contributed by atoms with Crippen molar-refractivity contribution in [2.24, 2.45) is 5.73 Å². The minimum absolute atomic E-state index is 0. The molecule has 6 heteroatoms. The molecule has 1 aromatic heterocycles. The Bertz CT molecular complexity index is 584. The molecule has 0 fully saturated rings. The second kappa shape index (κ2) is 7.80. The number of nitrogens with two attached hydrogens (primary N) is 1. The first-order chi connectivity index (χ1) is 9.50. The Hall–Kier alpha value is -1.07. The predicted octanol–water partition coefficient (Wildman–Crippen LogP) is 3.36. The number of benzene rings is 1. The van der Waals surface area contributed by atoms with Crippen LogP contribution in [0.15, 0.2) is 42.5 Å². The Labute approximate surface area is 139 Å². The van der Waals surface area contributed by atoms with Crippen molar-refractivity contribution in [3.8, 4) is 0 Å². The first kappa shape index (κ1) is 18.0. The summed E-state index contributed by atoms with van der Waals surface area (Å²) in [7, 11) is 0. The van der Waals surface area contributed by atoms with E-state index in [1.807, 2.05) is 42.5 Å². The summed E-state index contributed by atoms with van der Waals surface area (Å²) in [4.78, 5) is 13.3. The van der Waals surface area contributed by atoms with Gasteiger partial charge in [-0.15, -0.1) is 23.7 Å². The van der Waals surface area contributed by atoms with E-state index in [4.69, 9.17) is 17.3 Å². The minimum atomic E-state index is -1.02. The molecule has 1 aromatic carbocycles. The van der Waals surface area contributed by atoms with Gasteiger partial charge in [0.05, 0.1) is 4.34 Å². The zero-order valence-corrected chi connectivity index (χ0v) is 14.0. The summed E-state index contributed by atoms with van der Waals surface area (Å²) in [6.45, 7) is 2.27. The Morgan fingerprint density at radius 2 is 1.95 bits per heavy atom. The summed E-state index contributed by atoms with van der Waals surface area (Å²) in [5, 5.41) is 2.88. The molecule has 1 heterocycles. The summed E-state index contributed by atoms with van der Waals surface area (Å²) in [5.74, 6) is -0.175. The maximum absolute atomic E-state index is 12.2. The van der Waals surface area contributed by atoms with Gasteiger partial charge in [0.25, 0.3) is 0 Å². The quantitative estimate of drug-likeness (QED) is 0.873. The van der Waals surface area contributed by atoms with Crippen LogP contribution in [0, 0.1) is 0 Å². The molecule has 0 spiro atoms. The maximum Gasteiger partial charge on any atom is 0.244 e. The second-order valence-corrected chi connectivity index (χ2v) is 6.58. The van der Waals surface area contributed by atoms with Crippen LogP contribution >= 0.6 is 35.3 Å². The van der Waals surface area contributed by atoms with Crippen LogP contribution in [0.5, 0.6) is 0 Å². The van der Waals surface area contributed by atoms with E-state index in [1.165, 1.54) is 11.3 Å². The number of carbonyl (C=O) groups is 1. The standard InChI is InChI=1S/C15H17ClN2OS.ClH/c1-15(17,11-5-3-2-4-6-11)14(19)18-10-9-12-7-8-13(16)20-12;/h2-8H,9-10,17H2,1H3,(H,18,19);1H. The number of nitrogens with one attached hydrogen (secondary N) is 1. The average Bonchev–Trinajstić information content (AvgIpc) is 2.85. The molecule has 3 nitrogen and oxygen atoms in total. The van der Waals surface area contributed by atoms with Crippen LogP contribution < -0.4 is 11.1 Å². The van der Waals surface area contributed by atoms with Crippen molar-refractivity contribution in [1.82, 2.24) is 5.32 Å². The summed E-state index contributed by atoms with van der Waals surface area (Å²) in [6.07, 6.45) is 0.758. The van der Waals surface area contributed by atoms with Crippen LogP contribution in [0.2, 0.25) is 4.34 Å². The summed E-state index contributed by atoms with van der Waals surface area (Å²) in [6, 6.07) is 13.2. The van der Waals surface area contributed by atoms with E-state index < -0.39 is 5.54 Å². The van der Waals surface area contributed by atoms with Crippen LogP contribution in [0.1, 0.15) is 17.4 Å². The molecule has 3 N–H and O–H groups in total. The average molecular weight is 345 g/mol. The topological polar surface area (TPSA) is 55.1 Å².